The Morgan fingerprint density at radius 2 is 1.95 bits per heavy atom. The average Bonchev–Trinajstić information content (AvgIpc) is 2.90. The number of carboxylic acid groups (broad SMARTS) is 1. The first-order chi connectivity index (χ1) is 9.97. The summed E-state index contributed by atoms with van der Waals surface area (Å²) in [5.41, 5.74) is -0.627. The lowest BCUT2D eigenvalue weighted by molar-refractivity contribution is -0.151. The molecule has 1 saturated carbocycles. The van der Waals surface area contributed by atoms with Gasteiger partial charge in [-0.1, -0.05) is 20.3 Å². The van der Waals surface area contributed by atoms with Crippen molar-refractivity contribution in [1.29, 1.82) is 0 Å². The highest BCUT2D eigenvalue weighted by Crippen LogP contribution is 2.35. The maximum Gasteiger partial charge on any atom is 0.317 e. The van der Waals surface area contributed by atoms with E-state index >= 15 is 0 Å². The molecule has 21 heavy (non-hydrogen) atoms. The number of urea groups is 1. The number of rotatable bonds is 4. The van der Waals surface area contributed by atoms with E-state index < -0.39 is 11.4 Å². The van der Waals surface area contributed by atoms with E-state index in [0.29, 0.717) is 38.3 Å². The van der Waals surface area contributed by atoms with Crippen LogP contribution in [-0.2, 0) is 4.79 Å². The number of aliphatic carboxylic acids is 1. The van der Waals surface area contributed by atoms with Crippen molar-refractivity contribution < 1.29 is 14.7 Å². The average molecular weight is 296 g/mol. The first-order valence-corrected chi connectivity index (χ1v) is 8.23. The Morgan fingerprint density at radius 3 is 2.43 bits per heavy atom. The molecule has 0 spiro atoms. The molecule has 0 aromatic rings. The quantitative estimate of drug-likeness (QED) is 0.838. The molecule has 1 heterocycles. The zero-order chi connectivity index (χ0) is 15.5. The van der Waals surface area contributed by atoms with Crippen LogP contribution in [0.15, 0.2) is 0 Å². The lowest BCUT2D eigenvalue weighted by Gasteiger charge is -2.38. The topological polar surface area (TPSA) is 69.6 Å². The van der Waals surface area contributed by atoms with Crippen LogP contribution in [0.5, 0.6) is 0 Å². The summed E-state index contributed by atoms with van der Waals surface area (Å²) in [5.74, 6) is 0.676. The SMILES string of the molecule is CCC1(C(=O)O)CCN(C(=O)NCC2CCC(C)C2)CC1. The summed E-state index contributed by atoms with van der Waals surface area (Å²) in [5, 5.41) is 12.4. The van der Waals surface area contributed by atoms with Crippen LogP contribution >= 0.6 is 0 Å². The normalized spacial score (nSPS) is 28.4. The standard InChI is InChI=1S/C16H28N2O3/c1-3-16(14(19)20)6-8-18(9-7-16)15(21)17-11-13-5-4-12(2)10-13/h12-13H,3-11H2,1-2H3,(H,17,21)(H,19,20). The fourth-order valence-corrected chi connectivity index (χ4v) is 3.71. The summed E-state index contributed by atoms with van der Waals surface area (Å²) < 4.78 is 0. The predicted molar refractivity (Wildman–Crippen MR) is 81.1 cm³/mol. The Labute approximate surface area is 127 Å². The van der Waals surface area contributed by atoms with E-state index in [1.165, 1.54) is 19.3 Å². The third kappa shape index (κ3) is 3.69. The van der Waals surface area contributed by atoms with Crippen LogP contribution in [0.1, 0.15) is 52.4 Å². The van der Waals surface area contributed by atoms with Crippen LogP contribution in [0.4, 0.5) is 4.79 Å². The summed E-state index contributed by atoms with van der Waals surface area (Å²) in [7, 11) is 0. The van der Waals surface area contributed by atoms with E-state index in [-0.39, 0.29) is 6.03 Å². The first-order valence-electron chi connectivity index (χ1n) is 8.23. The lowest BCUT2D eigenvalue weighted by Crippen LogP contribution is -2.50. The number of piperidine rings is 1. The molecule has 2 atom stereocenters. The smallest absolute Gasteiger partial charge is 0.317 e. The summed E-state index contributed by atoms with van der Waals surface area (Å²) in [6.45, 7) is 6.05. The van der Waals surface area contributed by atoms with Gasteiger partial charge in [0.25, 0.3) is 0 Å². The Balaban J connectivity index is 1.76. The van der Waals surface area contributed by atoms with E-state index in [1.807, 2.05) is 6.92 Å². The van der Waals surface area contributed by atoms with Crippen molar-refractivity contribution in [2.45, 2.75) is 52.4 Å². The second-order valence-electron chi connectivity index (χ2n) is 6.90. The molecule has 0 bridgehead atoms. The summed E-state index contributed by atoms with van der Waals surface area (Å²) in [6, 6.07) is -0.0235. The van der Waals surface area contributed by atoms with Gasteiger partial charge in [0.1, 0.15) is 0 Å². The molecule has 1 saturated heterocycles. The van der Waals surface area contributed by atoms with Crippen molar-refractivity contribution >= 4 is 12.0 Å². The van der Waals surface area contributed by atoms with Gasteiger partial charge >= 0.3 is 12.0 Å². The molecule has 2 N–H and O–H groups in total. The minimum Gasteiger partial charge on any atom is -0.481 e. The minimum atomic E-state index is -0.718. The van der Waals surface area contributed by atoms with E-state index in [9.17, 15) is 14.7 Å². The molecule has 120 valence electrons. The Kier molecular flexibility index (Phi) is 5.12. The Bertz CT molecular complexity index is 389. The third-order valence-electron chi connectivity index (χ3n) is 5.48. The van der Waals surface area contributed by atoms with E-state index in [4.69, 9.17) is 0 Å². The van der Waals surface area contributed by atoms with Gasteiger partial charge in [-0.3, -0.25) is 4.79 Å². The molecule has 2 rings (SSSR count). The van der Waals surface area contributed by atoms with Gasteiger partial charge in [0.15, 0.2) is 0 Å². The molecule has 2 unspecified atom stereocenters. The molecule has 2 aliphatic rings. The van der Waals surface area contributed by atoms with E-state index in [1.54, 1.807) is 4.90 Å². The lowest BCUT2D eigenvalue weighted by atomic mass is 9.76. The molecular formula is C16H28N2O3. The fourth-order valence-electron chi connectivity index (χ4n) is 3.71. The Hall–Kier alpha value is -1.26. The highest BCUT2D eigenvalue weighted by molar-refractivity contribution is 5.77. The second kappa shape index (κ2) is 6.67. The van der Waals surface area contributed by atoms with Crippen molar-refractivity contribution in [2.75, 3.05) is 19.6 Å². The van der Waals surface area contributed by atoms with Gasteiger partial charge in [-0.15, -0.1) is 0 Å². The molecule has 1 aliphatic heterocycles. The van der Waals surface area contributed by atoms with Gasteiger partial charge in [-0.2, -0.15) is 0 Å². The van der Waals surface area contributed by atoms with Gasteiger partial charge < -0.3 is 15.3 Å². The molecule has 0 aromatic carbocycles. The van der Waals surface area contributed by atoms with Crippen molar-refractivity contribution in [1.82, 2.24) is 10.2 Å². The van der Waals surface area contributed by atoms with E-state index in [0.717, 1.165) is 12.5 Å². The molecule has 2 fully saturated rings. The van der Waals surface area contributed by atoms with Gasteiger partial charge in [0.2, 0.25) is 0 Å². The first kappa shape index (κ1) is 16.1. The number of carbonyl (C=O) groups excluding carboxylic acids is 1. The van der Waals surface area contributed by atoms with Gasteiger partial charge in [-0.25, -0.2) is 4.79 Å². The maximum absolute atomic E-state index is 12.2. The monoisotopic (exact) mass is 296 g/mol. The largest absolute Gasteiger partial charge is 0.481 e. The molecule has 5 nitrogen and oxygen atoms in total. The number of carbonyl (C=O) groups is 2. The molecule has 1 aliphatic carbocycles. The van der Waals surface area contributed by atoms with Gasteiger partial charge in [0, 0.05) is 19.6 Å². The van der Waals surface area contributed by atoms with Crippen LogP contribution in [0, 0.1) is 17.3 Å². The second-order valence-corrected chi connectivity index (χ2v) is 6.90. The summed E-state index contributed by atoms with van der Waals surface area (Å²) in [6.07, 6.45) is 5.44. The number of hydrogen-bond donors (Lipinski definition) is 2. The number of likely N-dealkylation sites (tertiary alicyclic amines) is 1. The highest BCUT2D eigenvalue weighted by Gasteiger charge is 2.40. The maximum atomic E-state index is 12.2. The van der Waals surface area contributed by atoms with Crippen molar-refractivity contribution in [2.24, 2.45) is 17.3 Å². The zero-order valence-electron chi connectivity index (χ0n) is 13.2. The van der Waals surface area contributed by atoms with Crippen LogP contribution in [0.25, 0.3) is 0 Å². The zero-order valence-corrected chi connectivity index (χ0v) is 13.2. The minimum absolute atomic E-state index is 0.0235. The molecular weight excluding hydrogens is 268 g/mol. The number of nitrogens with zero attached hydrogens (tertiary/aromatic N) is 1. The molecule has 0 aromatic heterocycles. The highest BCUT2D eigenvalue weighted by atomic mass is 16.4. The number of amides is 2. The molecule has 0 radical (unpaired) electrons. The van der Waals surface area contributed by atoms with Crippen LogP contribution in [0.3, 0.4) is 0 Å². The van der Waals surface area contributed by atoms with Gasteiger partial charge in [-0.05, 0) is 43.9 Å². The summed E-state index contributed by atoms with van der Waals surface area (Å²) >= 11 is 0. The van der Waals surface area contributed by atoms with Crippen molar-refractivity contribution in [3.05, 3.63) is 0 Å². The van der Waals surface area contributed by atoms with Gasteiger partial charge in [0.05, 0.1) is 5.41 Å². The summed E-state index contributed by atoms with van der Waals surface area (Å²) in [4.78, 5) is 25.3. The molecule has 2 amide bonds. The van der Waals surface area contributed by atoms with Crippen LogP contribution in [-0.4, -0.2) is 41.6 Å². The van der Waals surface area contributed by atoms with E-state index in [2.05, 4.69) is 12.2 Å². The van der Waals surface area contributed by atoms with Crippen molar-refractivity contribution in [3.8, 4) is 0 Å². The third-order valence-corrected chi connectivity index (χ3v) is 5.48. The van der Waals surface area contributed by atoms with Crippen LogP contribution < -0.4 is 5.32 Å². The Morgan fingerprint density at radius 1 is 1.29 bits per heavy atom. The number of nitrogens with one attached hydrogen (secondary N) is 1. The number of hydrogen-bond acceptors (Lipinski definition) is 2. The van der Waals surface area contributed by atoms with Crippen molar-refractivity contribution in [3.63, 3.8) is 0 Å². The fraction of sp³-hybridized carbons (Fsp3) is 0.875. The van der Waals surface area contributed by atoms with Crippen LogP contribution in [0.2, 0.25) is 0 Å². The number of carboxylic acids is 1. The predicted octanol–water partition coefficient (Wildman–Crippen LogP) is 2.71. The molecule has 5 heteroatoms.